The molecule has 0 aliphatic carbocycles. The Balaban J connectivity index is 2.20. The third-order valence-corrected chi connectivity index (χ3v) is 7.62. The Morgan fingerprint density at radius 2 is 1.42 bits per heavy atom. The molecule has 1 heterocycles. The molecule has 0 fully saturated rings. The molecule has 0 spiro atoms. The van der Waals surface area contributed by atoms with E-state index in [0.717, 1.165) is 10.9 Å². The van der Waals surface area contributed by atoms with E-state index < -0.39 is 84.2 Å². The summed E-state index contributed by atoms with van der Waals surface area (Å²) in [5.74, 6) is -6.35. The maximum Gasteiger partial charge on any atom is 0.326 e. The van der Waals surface area contributed by atoms with Crippen LogP contribution in [-0.2, 0) is 35.2 Å². The number of carbonyl (C=O) groups is 6. The van der Waals surface area contributed by atoms with Gasteiger partial charge in [-0.15, -0.1) is 0 Å². The molecule has 2 aromatic rings. The van der Waals surface area contributed by atoms with Gasteiger partial charge in [0.2, 0.25) is 29.5 Å². The van der Waals surface area contributed by atoms with Crippen molar-refractivity contribution in [2.45, 2.75) is 90.2 Å². The van der Waals surface area contributed by atoms with E-state index in [1.165, 1.54) is 6.92 Å². The van der Waals surface area contributed by atoms with Crippen LogP contribution in [0.2, 0.25) is 0 Å². The van der Waals surface area contributed by atoms with Crippen LogP contribution >= 0.6 is 0 Å². The number of aliphatic hydroxyl groups is 1. The second-order valence-electron chi connectivity index (χ2n) is 11.6. The van der Waals surface area contributed by atoms with Gasteiger partial charge in [0, 0.05) is 23.5 Å². The van der Waals surface area contributed by atoms with E-state index in [2.05, 4.69) is 26.3 Å². The third kappa shape index (κ3) is 10.3. The monoisotopic (exact) mass is 631 g/mol. The molecule has 45 heavy (non-hydrogen) atoms. The summed E-state index contributed by atoms with van der Waals surface area (Å²) in [6, 6.07) is 0.500. The van der Waals surface area contributed by atoms with Gasteiger partial charge in [0.1, 0.15) is 24.2 Å². The fraction of sp³-hybridized carbons (Fsp3) is 0.533. The quantitative estimate of drug-likeness (QED) is 0.104. The number of nitrogens with two attached hydrogens (primary N) is 2. The van der Waals surface area contributed by atoms with Crippen molar-refractivity contribution in [2.24, 2.45) is 23.3 Å². The third-order valence-electron chi connectivity index (χ3n) is 7.62. The molecule has 0 unspecified atom stereocenters. The number of aromatic amines is 1. The molecular formula is C30H45N7O8. The molecular weight excluding hydrogens is 586 g/mol. The molecule has 5 amide bonds. The lowest BCUT2D eigenvalue weighted by Gasteiger charge is -2.29. The Kier molecular flexibility index (Phi) is 13.5. The highest BCUT2D eigenvalue weighted by molar-refractivity contribution is 5.97. The first kappa shape index (κ1) is 36.7. The Bertz CT molecular complexity index is 1380. The number of nitrogens with one attached hydrogen (secondary N) is 5. The minimum atomic E-state index is -1.63. The van der Waals surface area contributed by atoms with E-state index in [-0.39, 0.29) is 12.3 Å². The molecule has 0 saturated carbocycles. The van der Waals surface area contributed by atoms with Crippen molar-refractivity contribution in [1.29, 1.82) is 0 Å². The Morgan fingerprint density at radius 3 is 1.98 bits per heavy atom. The summed E-state index contributed by atoms with van der Waals surface area (Å²) < 4.78 is 0. The zero-order valence-electron chi connectivity index (χ0n) is 26.1. The fourth-order valence-corrected chi connectivity index (χ4v) is 4.61. The number of fused-ring (bicyclic) bond motifs is 1. The summed E-state index contributed by atoms with van der Waals surface area (Å²) in [7, 11) is 0. The van der Waals surface area contributed by atoms with Gasteiger partial charge in [0.05, 0.1) is 18.6 Å². The lowest BCUT2D eigenvalue weighted by Crippen LogP contribution is -2.62. The van der Waals surface area contributed by atoms with Crippen molar-refractivity contribution in [3.05, 3.63) is 36.0 Å². The van der Waals surface area contributed by atoms with Crippen LogP contribution < -0.4 is 32.7 Å². The minimum absolute atomic E-state index is 0.113. The van der Waals surface area contributed by atoms with Gasteiger partial charge in [-0.2, -0.15) is 0 Å². The molecule has 0 aliphatic heterocycles. The molecule has 1 aromatic carbocycles. The molecule has 2 rings (SSSR count). The number of carbonyl (C=O) groups excluding carboxylic acids is 5. The summed E-state index contributed by atoms with van der Waals surface area (Å²) in [4.78, 5) is 79.1. The van der Waals surface area contributed by atoms with Crippen LogP contribution in [0.15, 0.2) is 30.5 Å². The van der Waals surface area contributed by atoms with Crippen molar-refractivity contribution in [3.8, 4) is 0 Å². The first-order chi connectivity index (χ1) is 21.1. The molecule has 0 radical (unpaired) electrons. The van der Waals surface area contributed by atoms with Crippen molar-refractivity contribution in [1.82, 2.24) is 26.3 Å². The Hall–Kier alpha value is -4.50. The average Bonchev–Trinajstić information content (AvgIpc) is 3.38. The molecule has 248 valence electrons. The second-order valence-corrected chi connectivity index (χ2v) is 11.6. The number of amides is 5. The number of aliphatic carboxylic acids is 1. The molecule has 11 N–H and O–H groups in total. The van der Waals surface area contributed by atoms with Crippen molar-refractivity contribution in [2.75, 3.05) is 0 Å². The number of hydrogen-bond donors (Lipinski definition) is 9. The fourth-order valence-electron chi connectivity index (χ4n) is 4.61. The summed E-state index contributed by atoms with van der Waals surface area (Å²) in [6.07, 6.45) is -0.0390. The molecule has 15 heteroatoms. The second kappa shape index (κ2) is 16.5. The normalized spacial score (nSPS) is 16.0. The smallest absolute Gasteiger partial charge is 0.326 e. The Labute approximate surface area is 261 Å². The lowest BCUT2D eigenvalue weighted by atomic mass is 9.97. The topological polar surface area (TPSA) is 259 Å². The van der Waals surface area contributed by atoms with Crippen molar-refractivity contribution in [3.63, 3.8) is 0 Å². The summed E-state index contributed by atoms with van der Waals surface area (Å²) in [5.41, 5.74) is 12.7. The van der Waals surface area contributed by atoms with E-state index in [4.69, 9.17) is 11.5 Å². The standard InChI is InChI=1S/C30H45N7O8/c1-6-15(4)23(32)27(41)36-24(14(2)3)28(42)37-25(16(5)38)29(43)34-20(12-22(31)39)26(40)35-21(30(44)45)11-17-13-33-19-10-8-7-9-18(17)19/h7-10,13-16,20-21,23-25,33,38H,6,11-12,32H2,1-5H3,(H2,31,39)(H,34,43)(H,35,40)(H,36,41)(H,37,42)(H,44,45)/t15-,16+,20-,21-,23-,24-,25-/m0/s1. The molecule has 0 bridgehead atoms. The van der Waals surface area contributed by atoms with Gasteiger partial charge in [0.15, 0.2) is 0 Å². The van der Waals surface area contributed by atoms with Crippen LogP contribution in [-0.4, -0.2) is 87.0 Å². The lowest BCUT2D eigenvalue weighted by molar-refractivity contribution is -0.142. The van der Waals surface area contributed by atoms with Crippen molar-refractivity contribution < 1.29 is 39.0 Å². The highest BCUT2D eigenvalue weighted by Gasteiger charge is 2.35. The van der Waals surface area contributed by atoms with E-state index in [1.807, 2.05) is 19.1 Å². The average molecular weight is 632 g/mol. The number of carboxylic acids is 1. The molecule has 0 saturated heterocycles. The first-order valence-electron chi connectivity index (χ1n) is 14.8. The SMILES string of the molecule is CC[C@H](C)[C@H](N)C(=O)N[C@H](C(=O)N[C@H](C(=O)N[C@@H](CC(N)=O)C(=O)N[C@@H](Cc1c[nH]c2ccccc12)C(=O)O)[C@@H](C)O)C(C)C. The van der Waals surface area contributed by atoms with E-state index >= 15 is 0 Å². The number of carboxylic acid groups (broad SMARTS) is 1. The van der Waals surface area contributed by atoms with Gasteiger partial charge in [-0.05, 0) is 30.4 Å². The van der Waals surface area contributed by atoms with Gasteiger partial charge < -0.3 is 47.9 Å². The predicted octanol–water partition coefficient (Wildman–Crippen LogP) is -0.980. The van der Waals surface area contributed by atoms with Crippen molar-refractivity contribution >= 4 is 46.4 Å². The Morgan fingerprint density at radius 1 is 0.844 bits per heavy atom. The number of aromatic nitrogens is 1. The van der Waals surface area contributed by atoms with Crippen LogP contribution in [0.5, 0.6) is 0 Å². The molecule has 1 aromatic heterocycles. The van der Waals surface area contributed by atoms with Crippen LogP contribution in [0.25, 0.3) is 10.9 Å². The van der Waals surface area contributed by atoms with Gasteiger partial charge >= 0.3 is 5.97 Å². The zero-order chi connectivity index (χ0) is 34.0. The first-order valence-corrected chi connectivity index (χ1v) is 14.8. The summed E-state index contributed by atoms with van der Waals surface area (Å²) in [5, 5.41) is 30.5. The number of para-hydroxylation sites is 1. The maximum atomic E-state index is 13.2. The van der Waals surface area contributed by atoms with Crippen LogP contribution in [0.4, 0.5) is 0 Å². The number of hydrogen-bond acceptors (Lipinski definition) is 8. The largest absolute Gasteiger partial charge is 0.480 e. The van der Waals surface area contributed by atoms with Crippen LogP contribution in [0, 0.1) is 11.8 Å². The van der Waals surface area contributed by atoms with Crippen LogP contribution in [0.3, 0.4) is 0 Å². The van der Waals surface area contributed by atoms with E-state index in [1.54, 1.807) is 39.1 Å². The highest BCUT2D eigenvalue weighted by atomic mass is 16.4. The summed E-state index contributed by atoms with van der Waals surface area (Å²) >= 11 is 0. The van der Waals surface area contributed by atoms with Gasteiger partial charge in [0.25, 0.3) is 0 Å². The van der Waals surface area contributed by atoms with Gasteiger partial charge in [-0.1, -0.05) is 52.3 Å². The summed E-state index contributed by atoms with van der Waals surface area (Å²) in [6.45, 7) is 8.21. The molecule has 0 aliphatic rings. The van der Waals surface area contributed by atoms with Gasteiger partial charge in [-0.3, -0.25) is 24.0 Å². The number of primary amides is 1. The zero-order valence-corrected chi connectivity index (χ0v) is 26.1. The predicted molar refractivity (Wildman–Crippen MR) is 165 cm³/mol. The highest BCUT2D eigenvalue weighted by Crippen LogP contribution is 2.19. The molecule has 7 atom stereocenters. The van der Waals surface area contributed by atoms with E-state index in [0.29, 0.717) is 12.0 Å². The van der Waals surface area contributed by atoms with E-state index in [9.17, 15) is 39.0 Å². The number of aliphatic hydroxyl groups excluding tert-OH is 1. The molecule has 15 nitrogen and oxygen atoms in total. The van der Waals surface area contributed by atoms with Crippen LogP contribution in [0.1, 0.15) is 53.0 Å². The minimum Gasteiger partial charge on any atom is -0.480 e. The number of benzene rings is 1. The van der Waals surface area contributed by atoms with Gasteiger partial charge in [-0.25, -0.2) is 4.79 Å². The maximum absolute atomic E-state index is 13.2. The number of rotatable bonds is 17. The number of H-pyrrole nitrogens is 1.